The SMILES string of the molecule is O=C(Nc1ccc(Br)cc1)c1cc(C(=O)Nc2ccc(Br)cc2)cc(N2C(=O)c3ccccc3C2=O)c1. The summed E-state index contributed by atoms with van der Waals surface area (Å²) in [4.78, 5) is 53.5. The average molecular weight is 619 g/mol. The third kappa shape index (κ3) is 5.09. The van der Waals surface area contributed by atoms with E-state index < -0.39 is 23.6 Å². The Morgan fingerprint density at radius 1 is 0.595 bits per heavy atom. The van der Waals surface area contributed by atoms with Gasteiger partial charge in [0.15, 0.2) is 0 Å². The Morgan fingerprint density at radius 3 is 1.41 bits per heavy atom. The van der Waals surface area contributed by atoms with Gasteiger partial charge in [0.2, 0.25) is 0 Å². The first-order valence-corrected chi connectivity index (χ1v) is 12.7. The molecule has 0 aliphatic carbocycles. The minimum atomic E-state index is -0.523. The van der Waals surface area contributed by atoms with Crippen molar-refractivity contribution in [1.82, 2.24) is 0 Å². The lowest BCUT2D eigenvalue weighted by Crippen LogP contribution is -2.30. The zero-order valence-electron chi connectivity index (χ0n) is 19.0. The van der Waals surface area contributed by atoms with Crippen molar-refractivity contribution in [2.75, 3.05) is 15.5 Å². The van der Waals surface area contributed by atoms with Crippen LogP contribution in [0.3, 0.4) is 0 Å². The Balaban J connectivity index is 1.53. The van der Waals surface area contributed by atoms with Gasteiger partial charge in [-0.15, -0.1) is 0 Å². The van der Waals surface area contributed by atoms with Crippen molar-refractivity contribution < 1.29 is 19.2 Å². The number of halogens is 2. The predicted molar refractivity (Wildman–Crippen MR) is 148 cm³/mol. The van der Waals surface area contributed by atoms with Crippen LogP contribution in [0.5, 0.6) is 0 Å². The number of imide groups is 1. The standard InChI is InChI=1S/C28H17Br2N3O4/c29-18-5-9-20(10-6-18)31-25(34)16-13-17(26(35)32-21-11-7-19(30)8-12-21)15-22(14-16)33-27(36)23-3-1-2-4-24(23)28(33)37/h1-15H,(H,31,34)(H,32,35). The van der Waals surface area contributed by atoms with Crippen molar-refractivity contribution in [3.8, 4) is 0 Å². The fraction of sp³-hybridized carbons (Fsp3) is 0. The van der Waals surface area contributed by atoms with Crippen LogP contribution in [0.25, 0.3) is 0 Å². The molecule has 1 heterocycles. The Bertz CT molecular complexity index is 1450. The van der Waals surface area contributed by atoms with Crippen molar-refractivity contribution in [1.29, 1.82) is 0 Å². The van der Waals surface area contributed by atoms with Gasteiger partial charge >= 0.3 is 0 Å². The maximum atomic E-state index is 13.2. The van der Waals surface area contributed by atoms with Crippen LogP contribution in [0, 0.1) is 0 Å². The topological polar surface area (TPSA) is 95.6 Å². The molecule has 7 nitrogen and oxygen atoms in total. The Kier molecular flexibility index (Phi) is 6.73. The van der Waals surface area contributed by atoms with Gasteiger partial charge in [-0.3, -0.25) is 19.2 Å². The minimum Gasteiger partial charge on any atom is -0.322 e. The molecular weight excluding hydrogens is 602 g/mol. The normalized spacial score (nSPS) is 12.3. The van der Waals surface area contributed by atoms with Gasteiger partial charge in [-0.1, -0.05) is 44.0 Å². The summed E-state index contributed by atoms with van der Waals surface area (Å²) in [6.07, 6.45) is 0. The molecule has 0 atom stereocenters. The number of hydrogen-bond donors (Lipinski definition) is 2. The van der Waals surface area contributed by atoms with Crippen molar-refractivity contribution in [3.63, 3.8) is 0 Å². The van der Waals surface area contributed by atoms with Crippen LogP contribution in [0.4, 0.5) is 17.1 Å². The highest BCUT2D eigenvalue weighted by Gasteiger charge is 2.37. The molecule has 0 unspecified atom stereocenters. The molecule has 4 aromatic rings. The molecule has 0 bridgehead atoms. The van der Waals surface area contributed by atoms with Gasteiger partial charge in [-0.05, 0) is 78.9 Å². The van der Waals surface area contributed by atoms with E-state index in [1.54, 1.807) is 72.8 Å². The summed E-state index contributed by atoms with van der Waals surface area (Å²) in [5, 5.41) is 5.56. The summed E-state index contributed by atoms with van der Waals surface area (Å²) in [5.74, 6) is -2.05. The first-order valence-electron chi connectivity index (χ1n) is 11.1. The molecule has 4 amide bonds. The van der Waals surface area contributed by atoms with Crippen LogP contribution < -0.4 is 15.5 Å². The smallest absolute Gasteiger partial charge is 0.266 e. The Morgan fingerprint density at radius 2 is 1.00 bits per heavy atom. The van der Waals surface area contributed by atoms with Crippen LogP contribution >= 0.6 is 31.9 Å². The third-order valence-electron chi connectivity index (χ3n) is 5.70. The maximum Gasteiger partial charge on any atom is 0.266 e. The number of rotatable bonds is 5. The maximum absolute atomic E-state index is 13.2. The quantitative estimate of drug-likeness (QED) is 0.249. The van der Waals surface area contributed by atoms with Gasteiger partial charge in [0.1, 0.15) is 0 Å². The van der Waals surface area contributed by atoms with E-state index in [-0.39, 0.29) is 27.9 Å². The van der Waals surface area contributed by atoms with E-state index in [0.29, 0.717) is 11.4 Å². The molecule has 182 valence electrons. The van der Waals surface area contributed by atoms with Crippen molar-refractivity contribution in [2.45, 2.75) is 0 Å². The number of anilines is 3. The van der Waals surface area contributed by atoms with Crippen LogP contribution in [0.2, 0.25) is 0 Å². The third-order valence-corrected chi connectivity index (χ3v) is 6.76. The number of carbonyl (C=O) groups is 4. The molecule has 0 spiro atoms. The summed E-state index contributed by atoms with van der Waals surface area (Å²) in [6, 6.07) is 24.7. The van der Waals surface area contributed by atoms with E-state index in [2.05, 4.69) is 42.5 Å². The van der Waals surface area contributed by atoms with E-state index in [9.17, 15) is 19.2 Å². The molecule has 0 aromatic heterocycles. The van der Waals surface area contributed by atoms with Gasteiger partial charge in [-0.2, -0.15) is 0 Å². The number of amides is 4. The summed E-state index contributed by atoms with van der Waals surface area (Å²) >= 11 is 6.71. The van der Waals surface area contributed by atoms with E-state index in [1.165, 1.54) is 18.2 Å². The van der Waals surface area contributed by atoms with Gasteiger partial charge in [0.05, 0.1) is 16.8 Å². The molecule has 0 saturated heterocycles. The van der Waals surface area contributed by atoms with Crippen LogP contribution in [-0.4, -0.2) is 23.6 Å². The second kappa shape index (κ2) is 10.1. The average Bonchev–Trinajstić information content (AvgIpc) is 3.16. The molecule has 5 rings (SSSR count). The van der Waals surface area contributed by atoms with E-state index in [1.807, 2.05) is 0 Å². The summed E-state index contributed by atoms with van der Waals surface area (Å²) in [5.41, 5.74) is 1.95. The number of benzene rings is 4. The largest absolute Gasteiger partial charge is 0.322 e. The summed E-state index contributed by atoms with van der Waals surface area (Å²) in [7, 11) is 0. The molecular formula is C28H17Br2N3O4. The molecule has 0 fully saturated rings. The zero-order chi connectivity index (χ0) is 26.1. The number of carbonyl (C=O) groups excluding carboxylic acids is 4. The molecule has 0 radical (unpaired) electrons. The van der Waals surface area contributed by atoms with E-state index >= 15 is 0 Å². The number of fused-ring (bicyclic) bond motifs is 1. The first kappa shape index (κ1) is 24.6. The lowest BCUT2D eigenvalue weighted by atomic mass is 10.1. The molecule has 2 N–H and O–H groups in total. The van der Waals surface area contributed by atoms with Crippen molar-refractivity contribution in [3.05, 3.63) is 122 Å². The molecule has 9 heteroatoms. The highest BCUT2D eigenvalue weighted by atomic mass is 79.9. The van der Waals surface area contributed by atoms with Crippen molar-refractivity contribution >= 4 is 72.6 Å². The molecule has 4 aromatic carbocycles. The fourth-order valence-electron chi connectivity index (χ4n) is 3.90. The Labute approximate surface area is 228 Å². The molecule has 1 aliphatic rings. The summed E-state index contributed by atoms with van der Waals surface area (Å²) in [6.45, 7) is 0. The highest BCUT2D eigenvalue weighted by Crippen LogP contribution is 2.30. The molecule has 37 heavy (non-hydrogen) atoms. The van der Waals surface area contributed by atoms with Gasteiger partial charge in [0.25, 0.3) is 23.6 Å². The second-order valence-electron chi connectivity index (χ2n) is 8.18. The Hall–Kier alpha value is -4.08. The summed E-state index contributed by atoms with van der Waals surface area (Å²) < 4.78 is 1.70. The van der Waals surface area contributed by atoms with E-state index in [4.69, 9.17) is 0 Å². The number of nitrogens with zero attached hydrogens (tertiary/aromatic N) is 1. The zero-order valence-corrected chi connectivity index (χ0v) is 22.2. The molecule has 1 aliphatic heterocycles. The molecule has 0 saturated carbocycles. The van der Waals surface area contributed by atoms with Gasteiger partial charge in [-0.25, -0.2) is 4.90 Å². The van der Waals surface area contributed by atoms with E-state index in [0.717, 1.165) is 13.8 Å². The van der Waals surface area contributed by atoms with Gasteiger partial charge < -0.3 is 10.6 Å². The van der Waals surface area contributed by atoms with Crippen LogP contribution in [0.1, 0.15) is 41.4 Å². The number of nitrogens with one attached hydrogen (secondary N) is 2. The highest BCUT2D eigenvalue weighted by molar-refractivity contribution is 9.10. The lowest BCUT2D eigenvalue weighted by molar-refractivity contribution is 0.0922. The monoisotopic (exact) mass is 617 g/mol. The van der Waals surface area contributed by atoms with Crippen molar-refractivity contribution in [2.24, 2.45) is 0 Å². The van der Waals surface area contributed by atoms with Gasteiger partial charge in [0, 0.05) is 31.4 Å². The predicted octanol–water partition coefficient (Wildman–Crippen LogP) is 6.52. The first-order chi connectivity index (χ1) is 17.8. The lowest BCUT2D eigenvalue weighted by Gasteiger charge is -2.17. The number of hydrogen-bond acceptors (Lipinski definition) is 4. The fourth-order valence-corrected chi connectivity index (χ4v) is 4.43. The second-order valence-corrected chi connectivity index (χ2v) is 10.0. The van der Waals surface area contributed by atoms with Crippen LogP contribution in [-0.2, 0) is 0 Å². The minimum absolute atomic E-state index is 0.109. The van der Waals surface area contributed by atoms with Crippen LogP contribution in [0.15, 0.2) is 99.9 Å².